The zero-order valence-electron chi connectivity index (χ0n) is 27.3. The minimum absolute atomic E-state index is 0.0142. The summed E-state index contributed by atoms with van der Waals surface area (Å²) in [5.74, 6) is -0.813. The maximum absolute atomic E-state index is 12.5. The van der Waals surface area contributed by atoms with Crippen LogP contribution < -0.4 is 0 Å². The number of carbonyl (C=O) groups is 3. The molecule has 230 valence electrons. The fourth-order valence-corrected chi connectivity index (χ4v) is 7.67. The molecule has 2 rings (SSSR count). The van der Waals surface area contributed by atoms with Gasteiger partial charge in [-0.1, -0.05) is 39.3 Å². The van der Waals surface area contributed by atoms with E-state index in [9.17, 15) is 19.5 Å². The second-order valence-electron chi connectivity index (χ2n) is 14.7. The van der Waals surface area contributed by atoms with E-state index in [0.717, 1.165) is 5.57 Å². The van der Waals surface area contributed by atoms with Gasteiger partial charge in [-0.25, -0.2) is 14.4 Å². The van der Waals surface area contributed by atoms with Gasteiger partial charge in [0.25, 0.3) is 0 Å². The number of ether oxygens (including phenoxy) is 3. The molecule has 0 spiro atoms. The molecule has 0 amide bonds. The van der Waals surface area contributed by atoms with Gasteiger partial charge < -0.3 is 28.4 Å². The standard InChI is InChI=1S/C16H29NO4Si.C13H25NO3Si/c1-11(2)20-14(18)12-9-13(15(19)21-16(3,4)5)17(10-12)22(6,7)8;1-13(2,3)17-12(16)11-7-10(9-15)8-14(11)18(4,5)6/h10-11,13H,9H2,1-8H3;8,11,15H,7,9H2,1-6H3/t13-;11-/m11/s1. The monoisotopic (exact) mass is 598 g/mol. The summed E-state index contributed by atoms with van der Waals surface area (Å²) < 4.78 is 20.4. The summed E-state index contributed by atoms with van der Waals surface area (Å²) in [6, 6.07) is -0.696. The Kier molecular flexibility index (Phi) is 11.9. The summed E-state index contributed by atoms with van der Waals surface area (Å²) in [5, 5.41) is 9.25. The number of hydrogen-bond acceptors (Lipinski definition) is 9. The first-order valence-electron chi connectivity index (χ1n) is 14.1. The minimum Gasteiger partial charge on any atom is -0.460 e. The summed E-state index contributed by atoms with van der Waals surface area (Å²) in [7, 11) is -3.44. The highest BCUT2D eigenvalue weighted by Crippen LogP contribution is 2.31. The van der Waals surface area contributed by atoms with Crippen LogP contribution >= 0.6 is 0 Å². The van der Waals surface area contributed by atoms with Crippen LogP contribution in [0.3, 0.4) is 0 Å². The van der Waals surface area contributed by atoms with Crippen LogP contribution in [0.2, 0.25) is 39.3 Å². The molecular weight excluding hydrogens is 544 g/mol. The van der Waals surface area contributed by atoms with E-state index in [2.05, 4.69) is 43.8 Å². The summed E-state index contributed by atoms with van der Waals surface area (Å²) in [4.78, 5) is 36.8. The average Bonchev–Trinajstić information content (AvgIpc) is 3.36. The van der Waals surface area contributed by atoms with Crippen LogP contribution in [0.1, 0.15) is 68.2 Å². The number of aliphatic hydroxyl groups is 1. The zero-order chi connectivity index (χ0) is 31.4. The maximum Gasteiger partial charge on any atom is 0.335 e. The van der Waals surface area contributed by atoms with E-state index in [4.69, 9.17) is 14.2 Å². The Morgan fingerprint density at radius 1 is 0.825 bits per heavy atom. The highest BCUT2D eigenvalue weighted by molar-refractivity contribution is 6.74. The highest BCUT2D eigenvalue weighted by atomic mass is 28.3. The average molecular weight is 599 g/mol. The number of rotatable bonds is 7. The van der Waals surface area contributed by atoms with Crippen LogP contribution in [0.15, 0.2) is 23.5 Å². The van der Waals surface area contributed by atoms with Crippen LogP contribution in [0, 0.1) is 0 Å². The van der Waals surface area contributed by atoms with Crippen molar-refractivity contribution >= 4 is 34.4 Å². The van der Waals surface area contributed by atoms with Crippen molar-refractivity contribution in [1.82, 2.24) is 9.13 Å². The Balaban J connectivity index is 0.000000408. The quantitative estimate of drug-likeness (QED) is 0.241. The highest BCUT2D eigenvalue weighted by Gasteiger charge is 2.42. The molecular formula is C29H54N2O7Si2. The Labute approximate surface area is 244 Å². The number of hydrogen-bond donors (Lipinski definition) is 1. The van der Waals surface area contributed by atoms with E-state index in [1.54, 1.807) is 6.20 Å². The summed E-state index contributed by atoms with van der Waals surface area (Å²) in [5.41, 5.74) is 0.452. The smallest absolute Gasteiger partial charge is 0.335 e. The fourth-order valence-electron chi connectivity index (χ4n) is 4.29. The Morgan fingerprint density at radius 2 is 1.23 bits per heavy atom. The molecule has 0 aromatic heterocycles. The molecule has 1 N–H and O–H groups in total. The van der Waals surface area contributed by atoms with E-state index < -0.39 is 33.7 Å². The molecule has 0 saturated carbocycles. The van der Waals surface area contributed by atoms with Gasteiger partial charge in [0.05, 0.1) is 18.3 Å². The summed E-state index contributed by atoms with van der Waals surface area (Å²) in [6.07, 6.45) is 4.50. The van der Waals surface area contributed by atoms with Crippen LogP contribution in [0.5, 0.6) is 0 Å². The second kappa shape index (κ2) is 13.2. The van der Waals surface area contributed by atoms with Crippen molar-refractivity contribution in [2.45, 2.75) is 137 Å². The van der Waals surface area contributed by atoms with Gasteiger partial charge in [-0.3, -0.25) is 0 Å². The van der Waals surface area contributed by atoms with Gasteiger partial charge in [-0.15, -0.1) is 0 Å². The SMILES string of the molecule is CC(C)(C)OC(=O)[C@H]1CC(CO)=CN1[Si](C)(C)C.CC(C)OC(=O)C1=CN([Si](C)(C)C)[C@@H](C(=O)OC(C)(C)C)C1. The first-order valence-corrected chi connectivity index (χ1v) is 21.0. The van der Waals surface area contributed by atoms with Gasteiger partial charge in [0.2, 0.25) is 0 Å². The topological polar surface area (TPSA) is 106 Å². The fraction of sp³-hybridized carbons (Fsp3) is 0.759. The molecule has 0 bridgehead atoms. The van der Waals surface area contributed by atoms with Gasteiger partial charge >= 0.3 is 17.9 Å². The third kappa shape index (κ3) is 11.4. The molecule has 0 aromatic carbocycles. The Bertz CT molecular complexity index is 980. The molecule has 2 aliphatic rings. The first-order chi connectivity index (χ1) is 17.9. The minimum atomic E-state index is -1.80. The van der Waals surface area contributed by atoms with Crippen molar-refractivity contribution in [3.8, 4) is 0 Å². The third-order valence-corrected chi connectivity index (χ3v) is 9.85. The summed E-state index contributed by atoms with van der Waals surface area (Å²) >= 11 is 0. The van der Waals surface area contributed by atoms with Crippen LogP contribution in [0.25, 0.3) is 0 Å². The van der Waals surface area contributed by atoms with Crippen molar-refractivity contribution in [3.63, 3.8) is 0 Å². The van der Waals surface area contributed by atoms with Crippen LogP contribution in [-0.4, -0.2) is 84.6 Å². The number of esters is 3. The number of aliphatic hydroxyl groups excluding tert-OH is 1. The van der Waals surface area contributed by atoms with E-state index in [0.29, 0.717) is 18.4 Å². The molecule has 0 unspecified atom stereocenters. The van der Waals surface area contributed by atoms with E-state index in [1.807, 2.05) is 66.2 Å². The molecule has 2 heterocycles. The van der Waals surface area contributed by atoms with E-state index >= 15 is 0 Å². The lowest BCUT2D eigenvalue weighted by Crippen LogP contribution is -2.50. The van der Waals surface area contributed by atoms with Gasteiger partial charge in [0.1, 0.15) is 39.8 Å². The second-order valence-corrected chi connectivity index (χ2v) is 24.4. The van der Waals surface area contributed by atoms with Crippen molar-refractivity contribution in [2.75, 3.05) is 6.61 Å². The molecule has 0 aromatic rings. The Morgan fingerprint density at radius 3 is 1.57 bits per heavy atom. The zero-order valence-corrected chi connectivity index (χ0v) is 29.3. The molecule has 11 heteroatoms. The van der Waals surface area contributed by atoms with Gasteiger partial charge in [0.15, 0.2) is 0 Å². The van der Waals surface area contributed by atoms with Crippen molar-refractivity contribution in [1.29, 1.82) is 0 Å². The molecule has 0 radical (unpaired) electrons. The maximum atomic E-state index is 12.5. The molecule has 2 aliphatic heterocycles. The molecule has 0 fully saturated rings. The van der Waals surface area contributed by atoms with Crippen molar-refractivity contribution in [2.24, 2.45) is 0 Å². The van der Waals surface area contributed by atoms with Gasteiger partial charge in [0, 0.05) is 19.0 Å². The molecule has 9 nitrogen and oxygen atoms in total. The lowest BCUT2D eigenvalue weighted by atomic mass is 10.1. The Hall–Kier alpha value is -2.12. The van der Waals surface area contributed by atoms with Crippen molar-refractivity contribution < 1.29 is 33.7 Å². The predicted octanol–water partition coefficient (Wildman–Crippen LogP) is 5.19. The van der Waals surface area contributed by atoms with Gasteiger partial charge in [-0.05, 0) is 67.2 Å². The number of carbonyl (C=O) groups excluding carboxylic acids is 3. The number of nitrogens with zero attached hydrogens (tertiary/aromatic N) is 2. The lowest BCUT2D eigenvalue weighted by Gasteiger charge is -2.36. The molecule has 2 atom stereocenters. The van der Waals surface area contributed by atoms with Crippen LogP contribution in [0.4, 0.5) is 0 Å². The normalized spacial score (nSPS) is 20.0. The van der Waals surface area contributed by atoms with Gasteiger partial charge in [-0.2, -0.15) is 0 Å². The van der Waals surface area contributed by atoms with E-state index in [-0.39, 0.29) is 36.7 Å². The first kappa shape index (κ1) is 35.9. The van der Waals surface area contributed by atoms with Crippen molar-refractivity contribution in [3.05, 3.63) is 23.5 Å². The van der Waals surface area contributed by atoms with E-state index in [1.165, 1.54) is 0 Å². The molecule has 40 heavy (non-hydrogen) atoms. The van der Waals surface area contributed by atoms with Crippen LogP contribution in [-0.2, 0) is 28.6 Å². The lowest BCUT2D eigenvalue weighted by molar-refractivity contribution is -0.159. The largest absolute Gasteiger partial charge is 0.460 e. The molecule has 0 saturated heterocycles. The third-order valence-electron chi connectivity index (χ3n) is 5.87. The summed E-state index contributed by atoms with van der Waals surface area (Å²) in [6.45, 7) is 27.8. The molecule has 0 aliphatic carbocycles. The predicted molar refractivity (Wildman–Crippen MR) is 163 cm³/mol.